The molecule has 0 atom stereocenters. The minimum atomic E-state index is -0.201. The largest absolute Gasteiger partial charge is 0.338 e. The van der Waals surface area contributed by atoms with Crippen LogP contribution >= 0.6 is 11.8 Å². The molecule has 1 N–H and O–H groups in total. The molecule has 1 aliphatic carbocycles. The highest BCUT2D eigenvalue weighted by Crippen LogP contribution is 2.40. The number of para-hydroxylation sites is 1. The summed E-state index contributed by atoms with van der Waals surface area (Å²) in [6, 6.07) is 17.4. The molecule has 1 fully saturated rings. The highest BCUT2D eigenvalue weighted by molar-refractivity contribution is 7.99. The number of amides is 1. The number of hydrogen-bond acceptors (Lipinski definition) is 6. The summed E-state index contributed by atoms with van der Waals surface area (Å²) in [5.41, 5.74) is 1.59. The first kappa shape index (κ1) is 21.4. The van der Waals surface area contributed by atoms with Crippen molar-refractivity contribution in [2.45, 2.75) is 37.0 Å². The van der Waals surface area contributed by atoms with Crippen LogP contribution in [0.2, 0.25) is 0 Å². The molecule has 168 valence electrons. The number of carbonyl (C=O) groups excluding carboxylic acids is 1. The number of rotatable bonds is 8. The molecule has 0 bridgehead atoms. The van der Waals surface area contributed by atoms with Gasteiger partial charge in [0.1, 0.15) is 11.6 Å². The third kappa shape index (κ3) is 4.83. The van der Waals surface area contributed by atoms with E-state index in [4.69, 9.17) is 0 Å². The molecule has 2 aromatic carbocycles. The maximum Gasteiger partial charge on any atom is 0.258 e. The van der Waals surface area contributed by atoms with Crippen molar-refractivity contribution in [1.29, 1.82) is 0 Å². The van der Waals surface area contributed by atoms with Gasteiger partial charge in [-0.15, -0.1) is 10.2 Å². The van der Waals surface area contributed by atoms with Crippen molar-refractivity contribution in [2.24, 2.45) is 0 Å². The summed E-state index contributed by atoms with van der Waals surface area (Å²) in [6.07, 6.45) is 2.27. The van der Waals surface area contributed by atoms with Crippen LogP contribution in [-0.4, -0.2) is 48.3 Å². The summed E-state index contributed by atoms with van der Waals surface area (Å²) in [6.45, 7) is 0.914. The van der Waals surface area contributed by atoms with Gasteiger partial charge >= 0.3 is 0 Å². The van der Waals surface area contributed by atoms with Gasteiger partial charge in [-0.2, -0.15) is 0 Å². The molecule has 33 heavy (non-hydrogen) atoms. The van der Waals surface area contributed by atoms with E-state index < -0.39 is 0 Å². The number of hydrogen-bond donors (Lipinski definition) is 1. The molecule has 1 aliphatic rings. The number of nitrogens with zero attached hydrogens (tertiary/aromatic N) is 5. The molecule has 9 heteroatoms. The van der Waals surface area contributed by atoms with Crippen molar-refractivity contribution in [3.63, 3.8) is 0 Å². The van der Waals surface area contributed by atoms with Gasteiger partial charge in [0.05, 0.1) is 29.7 Å². The van der Waals surface area contributed by atoms with Crippen molar-refractivity contribution in [1.82, 2.24) is 29.6 Å². The molecule has 4 aromatic rings. The van der Waals surface area contributed by atoms with Crippen molar-refractivity contribution in [2.75, 3.05) is 12.8 Å². The van der Waals surface area contributed by atoms with Gasteiger partial charge in [0.15, 0.2) is 5.16 Å². The molecule has 2 aromatic heterocycles. The summed E-state index contributed by atoms with van der Waals surface area (Å²) in [5, 5.41) is 10.1. The van der Waals surface area contributed by atoms with E-state index in [9.17, 15) is 9.59 Å². The van der Waals surface area contributed by atoms with Crippen molar-refractivity contribution < 1.29 is 4.79 Å². The summed E-state index contributed by atoms with van der Waals surface area (Å²) >= 11 is 1.39. The van der Waals surface area contributed by atoms with Crippen LogP contribution in [0.1, 0.15) is 36.0 Å². The van der Waals surface area contributed by atoms with E-state index in [0.717, 1.165) is 23.8 Å². The normalized spacial score (nSPS) is 13.4. The minimum absolute atomic E-state index is 0.0713. The lowest BCUT2D eigenvalue weighted by atomic mass is 10.2. The Bertz CT molecular complexity index is 1350. The Morgan fingerprint density at radius 1 is 1.12 bits per heavy atom. The smallest absolute Gasteiger partial charge is 0.258 e. The number of fused-ring (bicyclic) bond motifs is 1. The third-order valence-corrected chi connectivity index (χ3v) is 6.62. The van der Waals surface area contributed by atoms with E-state index in [1.165, 1.54) is 17.3 Å². The molecular weight excluding hydrogens is 436 g/mol. The highest BCUT2D eigenvalue weighted by Gasteiger charge is 2.30. The van der Waals surface area contributed by atoms with Crippen LogP contribution < -0.4 is 5.56 Å². The fourth-order valence-electron chi connectivity index (χ4n) is 3.72. The van der Waals surface area contributed by atoms with E-state index in [1.807, 2.05) is 24.3 Å². The van der Waals surface area contributed by atoms with Crippen LogP contribution in [0.5, 0.6) is 0 Å². The van der Waals surface area contributed by atoms with Gasteiger partial charge in [-0.3, -0.25) is 9.59 Å². The van der Waals surface area contributed by atoms with Crippen molar-refractivity contribution >= 4 is 28.6 Å². The lowest BCUT2D eigenvalue weighted by molar-refractivity contribution is -0.127. The van der Waals surface area contributed by atoms with Gasteiger partial charge in [-0.25, -0.2) is 4.98 Å². The van der Waals surface area contributed by atoms with E-state index in [2.05, 4.69) is 36.9 Å². The number of nitrogens with one attached hydrogen (secondary N) is 1. The lowest BCUT2D eigenvalue weighted by Gasteiger charge is -2.16. The maximum absolute atomic E-state index is 12.8. The number of aromatic amines is 1. The van der Waals surface area contributed by atoms with E-state index in [0.29, 0.717) is 29.2 Å². The van der Waals surface area contributed by atoms with Gasteiger partial charge in [0, 0.05) is 13.0 Å². The molecule has 0 saturated heterocycles. The van der Waals surface area contributed by atoms with Crippen LogP contribution in [0.4, 0.5) is 0 Å². The van der Waals surface area contributed by atoms with Crippen molar-refractivity contribution in [3.8, 4) is 0 Å². The predicted octanol–water partition coefficient (Wildman–Crippen LogP) is 3.19. The van der Waals surface area contributed by atoms with Crippen LogP contribution in [-0.2, 0) is 17.9 Å². The Kier molecular flexibility index (Phi) is 5.95. The zero-order valence-electron chi connectivity index (χ0n) is 18.3. The van der Waals surface area contributed by atoms with E-state index in [1.54, 1.807) is 30.1 Å². The number of carbonyl (C=O) groups is 1. The molecule has 0 unspecified atom stereocenters. The van der Waals surface area contributed by atoms with Crippen molar-refractivity contribution in [3.05, 3.63) is 82.2 Å². The molecule has 2 heterocycles. The molecule has 1 amide bonds. The Hall–Kier alpha value is -3.46. The van der Waals surface area contributed by atoms with Gasteiger partial charge in [-0.1, -0.05) is 54.2 Å². The minimum Gasteiger partial charge on any atom is -0.338 e. The van der Waals surface area contributed by atoms with Crippen LogP contribution in [0.25, 0.3) is 10.9 Å². The second-order valence-corrected chi connectivity index (χ2v) is 9.20. The Morgan fingerprint density at radius 3 is 2.67 bits per heavy atom. The number of aromatic nitrogens is 5. The molecule has 8 nitrogen and oxygen atoms in total. The van der Waals surface area contributed by atoms with Gasteiger partial charge < -0.3 is 14.5 Å². The summed E-state index contributed by atoms with van der Waals surface area (Å²) < 4.78 is 2.13. The first-order valence-corrected chi connectivity index (χ1v) is 11.9. The first-order valence-electron chi connectivity index (χ1n) is 10.9. The number of thioether (sulfide) groups is 1. The van der Waals surface area contributed by atoms with Crippen LogP contribution in [0.3, 0.4) is 0 Å². The monoisotopic (exact) mass is 460 g/mol. The molecule has 0 aliphatic heterocycles. The first-order chi connectivity index (χ1) is 16.1. The fourth-order valence-corrected chi connectivity index (χ4v) is 4.61. The molecule has 0 radical (unpaired) electrons. The van der Waals surface area contributed by atoms with Crippen LogP contribution in [0, 0.1) is 0 Å². The Balaban J connectivity index is 1.27. The highest BCUT2D eigenvalue weighted by atomic mass is 32.2. The van der Waals surface area contributed by atoms with Gasteiger partial charge in [-0.05, 0) is 30.5 Å². The summed E-state index contributed by atoms with van der Waals surface area (Å²) in [7, 11) is 1.71. The quantitative estimate of drug-likeness (QED) is 0.406. The van der Waals surface area contributed by atoms with Crippen LogP contribution in [0.15, 0.2) is 64.5 Å². The number of benzene rings is 2. The molecular formula is C24H24N6O2S. The van der Waals surface area contributed by atoms with Gasteiger partial charge in [0.25, 0.3) is 5.56 Å². The molecule has 5 rings (SSSR count). The maximum atomic E-state index is 12.8. The van der Waals surface area contributed by atoms with E-state index in [-0.39, 0.29) is 23.8 Å². The fraction of sp³-hybridized carbons (Fsp3) is 0.292. The average molecular weight is 461 g/mol. The molecule has 1 saturated carbocycles. The van der Waals surface area contributed by atoms with E-state index >= 15 is 0 Å². The second kappa shape index (κ2) is 9.19. The zero-order chi connectivity index (χ0) is 22.8. The summed E-state index contributed by atoms with van der Waals surface area (Å²) in [4.78, 5) is 33.9. The lowest BCUT2D eigenvalue weighted by Crippen LogP contribution is -2.29. The Morgan fingerprint density at radius 2 is 1.88 bits per heavy atom. The third-order valence-electron chi connectivity index (χ3n) is 5.67. The average Bonchev–Trinajstić information content (AvgIpc) is 3.59. The Labute approximate surface area is 195 Å². The zero-order valence-corrected chi connectivity index (χ0v) is 19.1. The topological polar surface area (TPSA) is 96.8 Å². The number of H-pyrrole nitrogens is 1. The SMILES string of the molecule is CN(Cc1nc2ccccc2c(=O)[nH]1)C(=O)CSc1nnc(C2CC2)n1Cc1ccccc1. The molecule has 0 spiro atoms. The predicted molar refractivity (Wildman–Crippen MR) is 127 cm³/mol. The summed E-state index contributed by atoms with van der Waals surface area (Å²) in [5.74, 6) is 2.08. The second-order valence-electron chi connectivity index (χ2n) is 8.26. The standard InChI is InChI=1S/C24H24N6O2S/c1-29(14-20-25-19-10-6-5-9-18(19)23(32)26-20)21(31)15-33-24-28-27-22(17-11-12-17)30(24)13-16-7-3-2-4-8-16/h2-10,17H,11-15H2,1H3,(H,25,26,32). The van der Waals surface area contributed by atoms with Gasteiger partial charge in [0.2, 0.25) is 5.91 Å².